The number of hydrogen-bond donors (Lipinski definition) is 1. The number of fused-ring (bicyclic) bond motifs is 1. The van der Waals surface area contributed by atoms with Crippen molar-refractivity contribution >= 4 is 11.7 Å². The zero-order chi connectivity index (χ0) is 26.9. The average Bonchev–Trinajstić information content (AvgIpc) is 3.31. The number of nitriles is 1. The predicted molar refractivity (Wildman–Crippen MR) is 132 cm³/mol. The second-order valence-electron chi connectivity index (χ2n) is 10.2. The molecule has 202 valence electrons. The molecular weight excluding hydrogens is 499 g/mol. The highest BCUT2D eigenvalue weighted by Gasteiger charge is 2.43. The van der Waals surface area contributed by atoms with Crippen LogP contribution in [0.1, 0.15) is 60.5 Å². The van der Waals surface area contributed by atoms with Gasteiger partial charge >= 0.3 is 6.18 Å². The van der Waals surface area contributed by atoms with Crippen molar-refractivity contribution in [2.45, 2.75) is 50.7 Å². The Morgan fingerprint density at radius 1 is 1.08 bits per heavy atom. The van der Waals surface area contributed by atoms with Gasteiger partial charge < -0.3 is 9.80 Å². The number of piperazine rings is 1. The lowest BCUT2D eigenvalue weighted by Crippen LogP contribution is -2.52. The van der Waals surface area contributed by atoms with Crippen LogP contribution in [0, 0.1) is 17.2 Å². The third kappa shape index (κ3) is 5.25. The number of likely N-dealkylation sites (tertiary alicyclic amines) is 1. The lowest BCUT2D eigenvalue weighted by atomic mass is 9.94. The molecule has 1 N–H and O–H groups in total. The molecule has 2 saturated heterocycles. The van der Waals surface area contributed by atoms with Crippen LogP contribution in [0.5, 0.6) is 0 Å². The third-order valence-electron chi connectivity index (χ3n) is 7.92. The molecule has 4 heterocycles. The smallest absolute Gasteiger partial charge is 0.353 e. The largest absolute Gasteiger partial charge is 0.422 e. The Kier molecular flexibility index (Phi) is 7.38. The fraction of sp³-hybridized carbons (Fsp3) is 0.577. The summed E-state index contributed by atoms with van der Waals surface area (Å²) in [5, 5.41) is 15.1. The van der Waals surface area contributed by atoms with E-state index in [4.69, 9.17) is 5.26 Å². The molecule has 0 saturated carbocycles. The van der Waals surface area contributed by atoms with Gasteiger partial charge in [0.2, 0.25) is 5.91 Å². The number of pyridine rings is 1. The first-order valence-corrected chi connectivity index (χ1v) is 13.1. The van der Waals surface area contributed by atoms with Crippen molar-refractivity contribution in [2.75, 3.05) is 44.2 Å². The van der Waals surface area contributed by atoms with Crippen LogP contribution >= 0.6 is 0 Å². The van der Waals surface area contributed by atoms with Crippen molar-refractivity contribution in [1.82, 2.24) is 25.0 Å². The number of rotatable bonds is 3. The van der Waals surface area contributed by atoms with E-state index < -0.39 is 17.3 Å². The van der Waals surface area contributed by atoms with E-state index >= 15 is 0 Å². The monoisotopic (exact) mass is 529 g/mol. The summed E-state index contributed by atoms with van der Waals surface area (Å²) >= 11 is 0. The van der Waals surface area contributed by atoms with Crippen LogP contribution in [0.2, 0.25) is 0 Å². The summed E-state index contributed by atoms with van der Waals surface area (Å²) in [4.78, 5) is 36.0. The zero-order valence-electron chi connectivity index (χ0n) is 21.0. The summed E-state index contributed by atoms with van der Waals surface area (Å²) in [6, 6.07) is 5.25. The van der Waals surface area contributed by atoms with Crippen molar-refractivity contribution in [2.24, 2.45) is 5.92 Å². The molecule has 1 amide bonds. The van der Waals surface area contributed by atoms with E-state index in [2.05, 4.69) is 31.1 Å². The molecule has 5 rings (SSSR count). The van der Waals surface area contributed by atoms with E-state index in [0.717, 1.165) is 31.5 Å². The van der Waals surface area contributed by atoms with Crippen LogP contribution in [-0.4, -0.2) is 70.2 Å². The zero-order valence-corrected chi connectivity index (χ0v) is 21.0. The van der Waals surface area contributed by atoms with Crippen molar-refractivity contribution in [3.63, 3.8) is 0 Å². The van der Waals surface area contributed by atoms with Crippen LogP contribution in [0.3, 0.4) is 0 Å². The highest BCUT2D eigenvalue weighted by Crippen LogP contribution is 2.40. The Bertz CT molecular complexity index is 1260. The molecule has 2 aromatic heterocycles. The van der Waals surface area contributed by atoms with Gasteiger partial charge in [-0.3, -0.25) is 14.5 Å². The molecule has 0 radical (unpaired) electrons. The lowest BCUT2D eigenvalue weighted by Gasteiger charge is -2.39. The lowest BCUT2D eigenvalue weighted by molar-refractivity contribution is -0.139. The van der Waals surface area contributed by atoms with Crippen LogP contribution in [0.4, 0.5) is 19.0 Å². The van der Waals surface area contributed by atoms with Crippen molar-refractivity contribution < 1.29 is 18.0 Å². The highest BCUT2D eigenvalue weighted by molar-refractivity contribution is 5.79. The van der Waals surface area contributed by atoms with Gasteiger partial charge in [0, 0.05) is 38.9 Å². The number of carbonyl (C=O) groups excluding carboxylic acids is 1. The molecule has 2 atom stereocenters. The molecule has 38 heavy (non-hydrogen) atoms. The summed E-state index contributed by atoms with van der Waals surface area (Å²) in [5.74, 6) is 0.605. The number of hydrogen-bond acceptors (Lipinski definition) is 7. The fourth-order valence-corrected chi connectivity index (χ4v) is 5.99. The first kappa shape index (κ1) is 26.2. The molecule has 1 aliphatic carbocycles. The van der Waals surface area contributed by atoms with Crippen LogP contribution in [0.15, 0.2) is 23.1 Å². The normalized spacial score (nSPS) is 22.9. The number of H-pyrrole nitrogens is 1. The number of nitrogens with zero attached hydrogens (tertiary/aromatic N) is 6. The van der Waals surface area contributed by atoms with Gasteiger partial charge in [0.25, 0.3) is 5.56 Å². The van der Waals surface area contributed by atoms with Gasteiger partial charge in [0.05, 0.1) is 23.2 Å². The maximum absolute atomic E-state index is 13.6. The summed E-state index contributed by atoms with van der Waals surface area (Å²) < 4.78 is 40.8. The fourth-order valence-electron chi connectivity index (χ4n) is 5.99. The van der Waals surface area contributed by atoms with E-state index in [1.165, 1.54) is 0 Å². The minimum Gasteiger partial charge on any atom is -0.353 e. The predicted octanol–water partition coefficient (Wildman–Crippen LogP) is 2.88. The number of anilines is 1. The SMILES string of the molecule is N#Cc1ccc(N2CCN(C(=O)C3CCCCCN(C4CCc5c4n[nH]c(=O)c5C(F)(F)F)C3)CC2)nc1. The number of alkyl halides is 3. The molecule has 3 aliphatic rings. The van der Waals surface area contributed by atoms with Crippen LogP contribution in [0.25, 0.3) is 0 Å². The van der Waals surface area contributed by atoms with Crippen molar-refractivity contribution in [3.05, 3.63) is 51.1 Å². The Hall–Kier alpha value is -3.46. The van der Waals surface area contributed by atoms with Crippen LogP contribution < -0.4 is 10.5 Å². The maximum atomic E-state index is 13.6. The molecule has 2 aromatic rings. The number of nitrogens with one attached hydrogen (secondary N) is 1. The molecule has 0 aromatic carbocycles. The van der Waals surface area contributed by atoms with Gasteiger partial charge in [-0.25, -0.2) is 10.1 Å². The first-order valence-electron chi connectivity index (χ1n) is 13.1. The molecule has 0 spiro atoms. The van der Waals surface area contributed by atoms with Gasteiger partial charge in [-0.1, -0.05) is 12.8 Å². The van der Waals surface area contributed by atoms with Crippen LogP contribution in [-0.2, 0) is 17.4 Å². The van der Waals surface area contributed by atoms with Gasteiger partial charge in [0.1, 0.15) is 17.5 Å². The first-order chi connectivity index (χ1) is 18.3. The number of halogens is 3. The van der Waals surface area contributed by atoms with E-state index in [1.54, 1.807) is 12.3 Å². The number of aromatic nitrogens is 3. The van der Waals surface area contributed by atoms with Gasteiger partial charge in [-0.05, 0) is 49.9 Å². The number of aromatic amines is 1. The highest BCUT2D eigenvalue weighted by atomic mass is 19.4. The summed E-state index contributed by atoms with van der Waals surface area (Å²) in [6.45, 7) is 3.52. The molecule has 12 heteroatoms. The second-order valence-corrected chi connectivity index (χ2v) is 10.2. The minimum atomic E-state index is -4.74. The van der Waals surface area contributed by atoms with Crippen molar-refractivity contribution in [3.8, 4) is 6.07 Å². The van der Waals surface area contributed by atoms with Crippen molar-refractivity contribution in [1.29, 1.82) is 5.26 Å². The van der Waals surface area contributed by atoms with Gasteiger partial charge in [-0.2, -0.15) is 23.5 Å². The molecule has 2 unspecified atom stereocenters. The number of carbonyl (C=O) groups is 1. The topological polar surface area (TPSA) is 109 Å². The summed E-state index contributed by atoms with van der Waals surface area (Å²) in [5.41, 5.74) is -1.57. The van der Waals surface area contributed by atoms with E-state index in [9.17, 15) is 22.8 Å². The molecule has 0 bridgehead atoms. The average molecular weight is 530 g/mol. The maximum Gasteiger partial charge on any atom is 0.422 e. The van der Waals surface area contributed by atoms with Gasteiger partial charge in [0.15, 0.2) is 0 Å². The van der Waals surface area contributed by atoms with E-state index in [0.29, 0.717) is 51.3 Å². The summed E-state index contributed by atoms with van der Waals surface area (Å²) in [6.07, 6.45) is 0.915. The molecule has 9 nitrogen and oxygen atoms in total. The van der Waals surface area contributed by atoms with E-state index in [-0.39, 0.29) is 35.5 Å². The number of amides is 1. The molecular formula is C26H30F3N7O2. The third-order valence-corrected chi connectivity index (χ3v) is 7.92. The quantitative estimate of drug-likeness (QED) is 0.651. The van der Waals surface area contributed by atoms with E-state index in [1.807, 2.05) is 11.0 Å². The summed E-state index contributed by atoms with van der Waals surface area (Å²) in [7, 11) is 0. The Balaban J connectivity index is 1.28. The Labute approximate surface area is 218 Å². The Morgan fingerprint density at radius 3 is 2.55 bits per heavy atom. The molecule has 2 fully saturated rings. The standard InChI is InChI=1S/C26H30F3N7O2/c27-26(28,29)22-19-6-7-20(23(19)32-33-24(22)37)36-9-3-1-2-4-18(16-36)25(38)35-12-10-34(11-13-35)21-8-5-17(14-30)15-31-21/h5,8,15,18,20H,1-4,6-7,9-13,16H2,(H,33,37). The Morgan fingerprint density at radius 2 is 1.87 bits per heavy atom. The van der Waals surface area contributed by atoms with Gasteiger partial charge in [-0.15, -0.1) is 0 Å². The second kappa shape index (κ2) is 10.7. The molecule has 2 aliphatic heterocycles. The minimum absolute atomic E-state index is 0.0104.